The molecule has 0 heterocycles. The first-order valence-electron chi connectivity index (χ1n) is 9.35. The fourth-order valence-electron chi connectivity index (χ4n) is 2.57. The van der Waals surface area contributed by atoms with Crippen molar-refractivity contribution in [3.63, 3.8) is 0 Å². The molecule has 2 N–H and O–H groups in total. The van der Waals surface area contributed by atoms with Crippen LogP contribution in [0.3, 0.4) is 0 Å². The van der Waals surface area contributed by atoms with Crippen LogP contribution in [-0.4, -0.2) is 26.3 Å². The highest BCUT2D eigenvalue weighted by molar-refractivity contribution is 5.81. The van der Waals surface area contributed by atoms with Gasteiger partial charge in [0.1, 0.15) is 11.5 Å². The van der Waals surface area contributed by atoms with Crippen molar-refractivity contribution in [3.05, 3.63) is 61.2 Å². The SMILES string of the molecule is C=CC(=O)OCCCCCCOc1ccc(N(N)c2ccc(OC)cc2)cc1. The van der Waals surface area contributed by atoms with Crippen LogP contribution in [0.1, 0.15) is 25.7 Å². The molecule has 0 radical (unpaired) electrons. The van der Waals surface area contributed by atoms with Crippen LogP contribution in [0.25, 0.3) is 0 Å². The maximum atomic E-state index is 10.9. The molecule has 0 aliphatic heterocycles. The Morgan fingerprint density at radius 3 is 2.00 bits per heavy atom. The summed E-state index contributed by atoms with van der Waals surface area (Å²) in [7, 11) is 1.63. The summed E-state index contributed by atoms with van der Waals surface area (Å²) in [6.07, 6.45) is 5.01. The van der Waals surface area contributed by atoms with E-state index >= 15 is 0 Å². The first-order valence-corrected chi connectivity index (χ1v) is 9.35. The van der Waals surface area contributed by atoms with E-state index in [0.717, 1.165) is 48.6 Å². The van der Waals surface area contributed by atoms with Gasteiger partial charge in [-0.1, -0.05) is 6.58 Å². The molecule has 2 aromatic carbocycles. The quantitative estimate of drug-likeness (QED) is 0.192. The lowest BCUT2D eigenvalue weighted by Crippen LogP contribution is -2.24. The Kier molecular flexibility index (Phi) is 8.88. The number of hydrogen-bond acceptors (Lipinski definition) is 6. The van der Waals surface area contributed by atoms with E-state index in [1.807, 2.05) is 48.5 Å². The van der Waals surface area contributed by atoms with Crippen LogP contribution < -0.4 is 20.3 Å². The molecule has 0 amide bonds. The van der Waals surface area contributed by atoms with Gasteiger partial charge in [0, 0.05) is 6.08 Å². The van der Waals surface area contributed by atoms with E-state index in [-0.39, 0.29) is 5.97 Å². The summed E-state index contributed by atoms with van der Waals surface area (Å²) in [5, 5.41) is 1.61. The van der Waals surface area contributed by atoms with E-state index in [1.54, 1.807) is 12.1 Å². The second-order valence-electron chi connectivity index (χ2n) is 6.20. The Hall–Kier alpha value is -2.99. The Labute approximate surface area is 166 Å². The summed E-state index contributed by atoms with van der Waals surface area (Å²) in [4.78, 5) is 10.9. The topological polar surface area (TPSA) is 74.0 Å². The number of hydrazine groups is 1. The van der Waals surface area contributed by atoms with Crippen LogP contribution >= 0.6 is 0 Å². The number of methoxy groups -OCH3 is 1. The average Bonchev–Trinajstić information content (AvgIpc) is 2.75. The predicted octanol–water partition coefficient (Wildman–Crippen LogP) is 4.38. The molecular weight excluding hydrogens is 356 g/mol. The molecule has 0 spiro atoms. The summed E-state index contributed by atoms with van der Waals surface area (Å²) in [5.41, 5.74) is 1.74. The van der Waals surface area contributed by atoms with Crippen LogP contribution in [0.4, 0.5) is 11.4 Å². The highest BCUT2D eigenvalue weighted by atomic mass is 16.5. The number of esters is 1. The zero-order chi connectivity index (χ0) is 20.2. The molecule has 0 saturated heterocycles. The van der Waals surface area contributed by atoms with Gasteiger partial charge in [-0.05, 0) is 74.2 Å². The third-order valence-corrected chi connectivity index (χ3v) is 4.18. The van der Waals surface area contributed by atoms with Crippen LogP contribution in [0.5, 0.6) is 11.5 Å². The van der Waals surface area contributed by atoms with Gasteiger partial charge in [0.15, 0.2) is 0 Å². The number of rotatable bonds is 12. The van der Waals surface area contributed by atoms with Gasteiger partial charge in [0.25, 0.3) is 0 Å². The van der Waals surface area contributed by atoms with E-state index in [1.165, 1.54) is 6.08 Å². The van der Waals surface area contributed by atoms with Crippen LogP contribution in [0.2, 0.25) is 0 Å². The van der Waals surface area contributed by atoms with Crippen molar-refractivity contribution in [2.75, 3.05) is 25.3 Å². The molecule has 6 nitrogen and oxygen atoms in total. The summed E-state index contributed by atoms with van der Waals surface area (Å²) < 4.78 is 15.9. The lowest BCUT2D eigenvalue weighted by atomic mass is 10.2. The van der Waals surface area contributed by atoms with Gasteiger partial charge < -0.3 is 14.2 Å². The van der Waals surface area contributed by atoms with Crippen molar-refractivity contribution in [2.45, 2.75) is 25.7 Å². The summed E-state index contributed by atoms with van der Waals surface area (Å²) in [6.45, 7) is 4.45. The number of carbonyl (C=O) groups is 1. The zero-order valence-corrected chi connectivity index (χ0v) is 16.3. The van der Waals surface area contributed by atoms with Crippen molar-refractivity contribution in [2.24, 2.45) is 5.84 Å². The van der Waals surface area contributed by atoms with E-state index < -0.39 is 0 Å². The molecule has 0 bridgehead atoms. The smallest absolute Gasteiger partial charge is 0.330 e. The third-order valence-electron chi connectivity index (χ3n) is 4.18. The van der Waals surface area contributed by atoms with Gasteiger partial charge in [0.2, 0.25) is 0 Å². The summed E-state index contributed by atoms with van der Waals surface area (Å²) >= 11 is 0. The number of benzene rings is 2. The molecule has 0 aliphatic rings. The van der Waals surface area contributed by atoms with E-state index in [4.69, 9.17) is 20.1 Å². The number of anilines is 2. The number of ether oxygens (including phenoxy) is 3. The average molecular weight is 384 g/mol. The normalized spacial score (nSPS) is 10.2. The van der Waals surface area contributed by atoms with Gasteiger partial charge in [-0.3, -0.25) is 5.01 Å². The van der Waals surface area contributed by atoms with Crippen molar-refractivity contribution in [3.8, 4) is 11.5 Å². The highest BCUT2D eigenvalue weighted by Crippen LogP contribution is 2.25. The van der Waals surface area contributed by atoms with Crippen molar-refractivity contribution in [1.29, 1.82) is 0 Å². The van der Waals surface area contributed by atoms with Crippen LogP contribution in [-0.2, 0) is 9.53 Å². The Morgan fingerprint density at radius 2 is 1.46 bits per heavy atom. The lowest BCUT2D eigenvalue weighted by molar-refractivity contribution is -0.137. The van der Waals surface area contributed by atoms with Crippen LogP contribution in [0.15, 0.2) is 61.2 Å². The number of unbranched alkanes of at least 4 members (excludes halogenated alkanes) is 3. The molecule has 0 aromatic heterocycles. The van der Waals surface area contributed by atoms with Crippen molar-refractivity contribution in [1.82, 2.24) is 0 Å². The predicted molar refractivity (Wildman–Crippen MR) is 111 cm³/mol. The molecule has 28 heavy (non-hydrogen) atoms. The molecule has 0 atom stereocenters. The molecule has 0 saturated carbocycles. The number of nitrogens with two attached hydrogens (primary N) is 1. The fraction of sp³-hybridized carbons (Fsp3) is 0.318. The fourth-order valence-corrected chi connectivity index (χ4v) is 2.57. The third kappa shape index (κ3) is 6.96. The highest BCUT2D eigenvalue weighted by Gasteiger charge is 2.05. The number of carbonyl (C=O) groups excluding carboxylic acids is 1. The number of hydrogen-bond donors (Lipinski definition) is 1. The molecule has 150 valence electrons. The largest absolute Gasteiger partial charge is 0.497 e. The minimum Gasteiger partial charge on any atom is -0.497 e. The molecular formula is C22H28N2O4. The Morgan fingerprint density at radius 1 is 0.929 bits per heavy atom. The van der Waals surface area contributed by atoms with E-state index in [9.17, 15) is 4.79 Å². The summed E-state index contributed by atoms with van der Waals surface area (Å²) in [5.74, 6) is 7.42. The van der Waals surface area contributed by atoms with Gasteiger partial charge in [-0.25, -0.2) is 10.6 Å². The molecule has 0 aliphatic carbocycles. The van der Waals surface area contributed by atoms with Gasteiger partial charge in [0.05, 0.1) is 31.7 Å². The van der Waals surface area contributed by atoms with Gasteiger partial charge in [-0.15, -0.1) is 0 Å². The second-order valence-corrected chi connectivity index (χ2v) is 6.20. The summed E-state index contributed by atoms with van der Waals surface area (Å²) in [6, 6.07) is 15.2. The number of nitrogens with zero attached hydrogens (tertiary/aromatic N) is 1. The monoisotopic (exact) mass is 384 g/mol. The van der Waals surface area contributed by atoms with E-state index in [2.05, 4.69) is 6.58 Å². The maximum Gasteiger partial charge on any atom is 0.330 e. The molecule has 0 fully saturated rings. The first-order chi connectivity index (χ1) is 13.6. The zero-order valence-electron chi connectivity index (χ0n) is 16.3. The second kappa shape index (κ2) is 11.7. The molecule has 2 aromatic rings. The van der Waals surface area contributed by atoms with Gasteiger partial charge in [-0.2, -0.15) is 0 Å². The lowest BCUT2D eigenvalue weighted by Gasteiger charge is -2.19. The van der Waals surface area contributed by atoms with Gasteiger partial charge >= 0.3 is 5.97 Å². The standard InChI is InChI=1S/C22H28N2O4/c1-3-22(25)28-17-7-5-4-6-16-27-21-14-10-19(11-15-21)24(23)18-8-12-20(26-2)13-9-18/h3,8-15H,1,4-7,16-17,23H2,2H3. The Balaban J connectivity index is 1.68. The van der Waals surface area contributed by atoms with Crippen LogP contribution in [0, 0.1) is 0 Å². The van der Waals surface area contributed by atoms with Crippen molar-refractivity contribution < 1.29 is 19.0 Å². The Bertz CT molecular complexity index is 729. The minimum absolute atomic E-state index is 0.366. The van der Waals surface area contributed by atoms with E-state index in [0.29, 0.717) is 13.2 Å². The minimum atomic E-state index is -0.366. The molecule has 6 heteroatoms. The molecule has 0 unspecified atom stereocenters. The van der Waals surface area contributed by atoms with Crippen molar-refractivity contribution >= 4 is 17.3 Å². The first kappa shape index (κ1) is 21.3. The molecule has 2 rings (SSSR count). The maximum absolute atomic E-state index is 10.9.